The first kappa shape index (κ1) is 10.1. The van der Waals surface area contributed by atoms with E-state index in [9.17, 15) is 4.79 Å². The number of rotatable bonds is 1. The summed E-state index contributed by atoms with van der Waals surface area (Å²) in [6.45, 7) is 3.88. The van der Waals surface area contributed by atoms with Crippen LogP contribution >= 0.6 is 0 Å². The number of nitrogens with zero attached hydrogens (tertiary/aromatic N) is 4. The summed E-state index contributed by atoms with van der Waals surface area (Å²) in [7, 11) is 1.63. The fourth-order valence-electron chi connectivity index (χ4n) is 1.96. The molecule has 0 saturated carbocycles. The van der Waals surface area contributed by atoms with E-state index in [1.165, 1.54) is 23.9 Å². The van der Waals surface area contributed by atoms with Crippen LogP contribution in [0.15, 0.2) is 4.79 Å². The summed E-state index contributed by atoms with van der Waals surface area (Å²) in [4.78, 5) is 17.6. The minimum Gasteiger partial charge on any atom is -0.355 e. The highest BCUT2D eigenvalue weighted by Gasteiger charge is 2.16. The maximum atomic E-state index is 11.4. The maximum absolute atomic E-state index is 11.4. The monoisotopic (exact) mass is 208 g/mol. The lowest BCUT2D eigenvalue weighted by atomic mass is 10.1. The van der Waals surface area contributed by atoms with Crippen LogP contribution in [0.1, 0.15) is 25.0 Å². The molecular weight excluding hydrogens is 192 g/mol. The summed E-state index contributed by atoms with van der Waals surface area (Å²) >= 11 is 0. The van der Waals surface area contributed by atoms with E-state index in [2.05, 4.69) is 15.0 Å². The first-order chi connectivity index (χ1) is 7.18. The van der Waals surface area contributed by atoms with Gasteiger partial charge in [0.25, 0.3) is 0 Å². The number of aryl methyl sites for hydroxylation is 2. The van der Waals surface area contributed by atoms with Crippen molar-refractivity contribution in [1.82, 2.24) is 14.8 Å². The average Bonchev–Trinajstić information content (AvgIpc) is 2.25. The van der Waals surface area contributed by atoms with Gasteiger partial charge in [-0.3, -0.25) is 0 Å². The van der Waals surface area contributed by atoms with Gasteiger partial charge in [-0.05, 0) is 26.2 Å². The van der Waals surface area contributed by atoms with Crippen molar-refractivity contribution in [3.8, 4) is 0 Å². The molecule has 0 aliphatic carbocycles. The first-order valence-electron chi connectivity index (χ1n) is 5.35. The van der Waals surface area contributed by atoms with Gasteiger partial charge in [0.15, 0.2) is 5.82 Å². The first-order valence-corrected chi connectivity index (χ1v) is 5.35. The van der Waals surface area contributed by atoms with Crippen molar-refractivity contribution in [2.75, 3.05) is 18.0 Å². The average molecular weight is 208 g/mol. The van der Waals surface area contributed by atoms with Gasteiger partial charge < -0.3 is 4.90 Å². The Morgan fingerprint density at radius 2 is 1.87 bits per heavy atom. The van der Waals surface area contributed by atoms with Gasteiger partial charge in [0.2, 0.25) is 0 Å². The summed E-state index contributed by atoms with van der Waals surface area (Å²) in [5.74, 6) is 0.762. The molecule has 1 fully saturated rings. The molecule has 5 heteroatoms. The summed E-state index contributed by atoms with van der Waals surface area (Å²) in [6.07, 6.45) is 3.63. The minimum absolute atomic E-state index is 0.277. The van der Waals surface area contributed by atoms with E-state index in [1.807, 2.05) is 6.92 Å². The van der Waals surface area contributed by atoms with Crippen molar-refractivity contribution in [2.24, 2.45) is 7.05 Å². The Morgan fingerprint density at radius 1 is 1.20 bits per heavy atom. The summed E-state index contributed by atoms with van der Waals surface area (Å²) in [6, 6.07) is 0. The van der Waals surface area contributed by atoms with Crippen molar-refractivity contribution < 1.29 is 0 Å². The van der Waals surface area contributed by atoms with Crippen molar-refractivity contribution in [3.05, 3.63) is 16.2 Å². The molecule has 0 spiro atoms. The van der Waals surface area contributed by atoms with Crippen LogP contribution in [0.2, 0.25) is 0 Å². The molecule has 2 rings (SSSR count). The SMILES string of the molecule is Cc1nn(C)c(=O)nc1N1CCCCC1. The number of hydrogen-bond acceptors (Lipinski definition) is 4. The zero-order chi connectivity index (χ0) is 10.8. The Labute approximate surface area is 88.7 Å². The van der Waals surface area contributed by atoms with Gasteiger partial charge >= 0.3 is 5.69 Å². The van der Waals surface area contributed by atoms with Gasteiger partial charge in [0.05, 0.1) is 0 Å². The zero-order valence-electron chi connectivity index (χ0n) is 9.23. The van der Waals surface area contributed by atoms with E-state index in [1.54, 1.807) is 7.05 Å². The second-order valence-electron chi connectivity index (χ2n) is 3.97. The van der Waals surface area contributed by atoms with Crippen molar-refractivity contribution >= 4 is 5.82 Å². The van der Waals surface area contributed by atoms with E-state index >= 15 is 0 Å². The fourth-order valence-corrected chi connectivity index (χ4v) is 1.96. The van der Waals surface area contributed by atoms with Crippen LogP contribution in [0.5, 0.6) is 0 Å². The number of piperidine rings is 1. The summed E-state index contributed by atoms with van der Waals surface area (Å²) < 4.78 is 1.28. The van der Waals surface area contributed by atoms with E-state index in [0.29, 0.717) is 0 Å². The third-order valence-electron chi connectivity index (χ3n) is 2.76. The Balaban J connectivity index is 2.34. The molecule has 1 aliphatic heterocycles. The van der Waals surface area contributed by atoms with Gasteiger partial charge in [-0.15, -0.1) is 0 Å². The predicted octanol–water partition coefficient (Wildman–Crippen LogP) is 0.474. The van der Waals surface area contributed by atoms with Gasteiger partial charge in [0, 0.05) is 20.1 Å². The largest absolute Gasteiger partial charge is 0.365 e. The van der Waals surface area contributed by atoms with Crippen LogP contribution in [0.3, 0.4) is 0 Å². The van der Waals surface area contributed by atoms with Crippen molar-refractivity contribution in [3.63, 3.8) is 0 Å². The van der Waals surface area contributed by atoms with E-state index in [-0.39, 0.29) is 5.69 Å². The highest BCUT2D eigenvalue weighted by Crippen LogP contribution is 2.17. The lowest BCUT2D eigenvalue weighted by molar-refractivity contribution is 0.561. The molecule has 1 aromatic heterocycles. The van der Waals surface area contributed by atoms with E-state index < -0.39 is 0 Å². The molecule has 0 amide bonds. The third-order valence-corrected chi connectivity index (χ3v) is 2.76. The van der Waals surface area contributed by atoms with Crippen LogP contribution in [-0.4, -0.2) is 27.9 Å². The maximum Gasteiger partial charge on any atom is 0.365 e. The minimum atomic E-state index is -0.277. The Hall–Kier alpha value is -1.39. The quantitative estimate of drug-likeness (QED) is 0.673. The molecule has 0 aromatic carbocycles. The lowest BCUT2D eigenvalue weighted by Gasteiger charge is -2.28. The van der Waals surface area contributed by atoms with Gasteiger partial charge in [-0.1, -0.05) is 0 Å². The van der Waals surface area contributed by atoms with Crippen molar-refractivity contribution in [1.29, 1.82) is 0 Å². The van der Waals surface area contributed by atoms with Crippen LogP contribution in [0.4, 0.5) is 5.82 Å². The molecule has 0 N–H and O–H groups in total. The predicted molar refractivity (Wildman–Crippen MR) is 58.1 cm³/mol. The van der Waals surface area contributed by atoms with E-state index in [4.69, 9.17) is 0 Å². The molecule has 0 bridgehead atoms. The number of anilines is 1. The topological polar surface area (TPSA) is 51.0 Å². The van der Waals surface area contributed by atoms with Crippen LogP contribution < -0.4 is 10.6 Å². The zero-order valence-corrected chi connectivity index (χ0v) is 9.23. The normalized spacial score (nSPS) is 16.8. The third kappa shape index (κ3) is 2.00. The molecule has 15 heavy (non-hydrogen) atoms. The van der Waals surface area contributed by atoms with Gasteiger partial charge in [0.1, 0.15) is 5.69 Å². The number of hydrogen-bond donors (Lipinski definition) is 0. The number of aromatic nitrogens is 3. The lowest BCUT2D eigenvalue weighted by Crippen LogP contribution is -2.35. The van der Waals surface area contributed by atoms with Crippen molar-refractivity contribution in [2.45, 2.75) is 26.2 Å². The van der Waals surface area contributed by atoms with E-state index in [0.717, 1.165) is 24.6 Å². The second kappa shape index (κ2) is 4.00. The molecule has 0 atom stereocenters. The Bertz CT molecular complexity index is 406. The molecular formula is C10H16N4O. The molecule has 0 radical (unpaired) electrons. The van der Waals surface area contributed by atoms with Crippen LogP contribution in [0, 0.1) is 6.92 Å². The van der Waals surface area contributed by atoms with Gasteiger partial charge in [-0.2, -0.15) is 10.1 Å². The molecule has 1 saturated heterocycles. The highest BCUT2D eigenvalue weighted by atomic mass is 16.1. The highest BCUT2D eigenvalue weighted by molar-refractivity contribution is 5.41. The molecule has 2 heterocycles. The molecule has 1 aliphatic rings. The Kier molecular flexibility index (Phi) is 2.70. The summed E-state index contributed by atoms with van der Waals surface area (Å²) in [5, 5.41) is 4.15. The van der Waals surface area contributed by atoms with Crippen LogP contribution in [-0.2, 0) is 7.05 Å². The van der Waals surface area contributed by atoms with Gasteiger partial charge in [-0.25, -0.2) is 9.48 Å². The molecule has 1 aromatic rings. The molecule has 5 nitrogen and oxygen atoms in total. The second-order valence-corrected chi connectivity index (χ2v) is 3.97. The van der Waals surface area contributed by atoms with Crippen LogP contribution in [0.25, 0.3) is 0 Å². The summed E-state index contributed by atoms with van der Waals surface area (Å²) in [5.41, 5.74) is 0.556. The standard InChI is InChI=1S/C10H16N4O/c1-8-9(11-10(15)13(2)12-8)14-6-4-3-5-7-14/h3-7H2,1-2H3. The Morgan fingerprint density at radius 3 is 2.53 bits per heavy atom. The molecule has 82 valence electrons. The smallest absolute Gasteiger partial charge is 0.355 e. The fraction of sp³-hybridized carbons (Fsp3) is 0.700. The molecule has 0 unspecified atom stereocenters.